The monoisotopic (exact) mass is 254 g/mol. The minimum absolute atomic E-state index is 0.105. The zero-order valence-electron chi connectivity index (χ0n) is 10.1. The summed E-state index contributed by atoms with van der Waals surface area (Å²) in [7, 11) is 0. The maximum absolute atomic E-state index is 12.0. The minimum atomic E-state index is -0.606. The maximum atomic E-state index is 12.0. The van der Waals surface area contributed by atoms with Crippen LogP contribution in [-0.4, -0.2) is 36.4 Å². The third kappa shape index (κ3) is 2.72. The van der Waals surface area contributed by atoms with Crippen LogP contribution in [0.25, 0.3) is 0 Å². The van der Waals surface area contributed by atoms with Crippen LogP contribution in [0.5, 0.6) is 0 Å². The van der Waals surface area contributed by atoms with E-state index in [1.807, 2.05) is 0 Å². The molecule has 1 aromatic heterocycles. The fourth-order valence-corrected chi connectivity index (χ4v) is 2.00. The predicted molar refractivity (Wildman–Crippen MR) is 63.9 cm³/mol. The van der Waals surface area contributed by atoms with Crippen LogP contribution in [0.1, 0.15) is 29.2 Å². The van der Waals surface area contributed by atoms with Crippen LogP contribution in [0, 0.1) is 0 Å². The molecule has 100 valence electrons. The number of ether oxygens (including phenoxy) is 1. The number of aliphatic hydroxyl groups excluding tert-OH is 1. The van der Waals surface area contributed by atoms with Crippen molar-refractivity contribution in [2.24, 2.45) is 5.73 Å². The third-order valence-electron chi connectivity index (χ3n) is 3.22. The fraction of sp³-hybridized carbons (Fsp3) is 0.583. The molecule has 1 aromatic rings. The van der Waals surface area contributed by atoms with E-state index in [2.05, 4.69) is 5.32 Å². The summed E-state index contributed by atoms with van der Waals surface area (Å²) in [4.78, 5) is 12.0. The van der Waals surface area contributed by atoms with Gasteiger partial charge in [0.05, 0.1) is 18.7 Å². The first kappa shape index (κ1) is 13.1. The molecule has 18 heavy (non-hydrogen) atoms. The Morgan fingerprint density at radius 3 is 2.72 bits per heavy atom. The Morgan fingerprint density at radius 2 is 2.17 bits per heavy atom. The number of furan rings is 1. The Bertz CT molecular complexity index is 410. The molecule has 0 atom stereocenters. The molecule has 0 aromatic carbocycles. The lowest BCUT2D eigenvalue weighted by Gasteiger charge is -2.35. The van der Waals surface area contributed by atoms with Gasteiger partial charge >= 0.3 is 0 Å². The van der Waals surface area contributed by atoms with Crippen LogP contribution in [0.4, 0.5) is 0 Å². The number of hydrogen-bond donors (Lipinski definition) is 3. The molecule has 1 aliphatic rings. The Balaban J connectivity index is 2.04. The molecule has 1 saturated heterocycles. The summed E-state index contributed by atoms with van der Waals surface area (Å²) >= 11 is 0. The second-order valence-corrected chi connectivity index (χ2v) is 4.48. The Morgan fingerprint density at radius 1 is 1.44 bits per heavy atom. The van der Waals surface area contributed by atoms with E-state index in [9.17, 15) is 9.90 Å². The van der Waals surface area contributed by atoms with Gasteiger partial charge in [-0.1, -0.05) is 0 Å². The van der Waals surface area contributed by atoms with Crippen LogP contribution in [0.3, 0.4) is 0 Å². The number of carbonyl (C=O) groups is 1. The van der Waals surface area contributed by atoms with Crippen molar-refractivity contribution >= 4 is 5.91 Å². The lowest BCUT2D eigenvalue weighted by Crippen LogP contribution is -2.54. The molecule has 0 bridgehead atoms. The first-order valence-corrected chi connectivity index (χ1v) is 5.99. The van der Waals surface area contributed by atoms with Crippen molar-refractivity contribution in [1.82, 2.24) is 5.32 Å². The van der Waals surface area contributed by atoms with E-state index in [-0.39, 0.29) is 24.8 Å². The first-order chi connectivity index (χ1) is 8.69. The Hall–Kier alpha value is -1.37. The van der Waals surface area contributed by atoms with E-state index in [1.54, 1.807) is 12.1 Å². The van der Waals surface area contributed by atoms with E-state index >= 15 is 0 Å². The van der Waals surface area contributed by atoms with E-state index in [0.717, 1.165) is 0 Å². The molecule has 2 rings (SSSR count). The lowest BCUT2D eigenvalue weighted by atomic mass is 9.91. The van der Waals surface area contributed by atoms with Crippen LogP contribution >= 0.6 is 0 Å². The number of aliphatic hydroxyl groups is 1. The van der Waals surface area contributed by atoms with Crippen LogP contribution in [0.15, 0.2) is 16.5 Å². The van der Waals surface area contributed by atoms with Gasteiger partial charge in [0.25, 0.3) is 5.91 Å². The molecular formula is C12H18N2O4. The van der Waals surface area contributed by atoms with Crippen molar-refractivity contribution in [2.45, 2.75) is 24.9 Å². The Labute approximate surface area is 105 Å². The van der Waals surface area contributed by atoms with Gasteiger partial charge in [0.15, 0.2) is 5.76 Å². The smallest absolute Gasteiger partial charge is 0.287 e. The number of rotatable bonds is 4. The fourth-order valence-electron chi connectivity index (χ4n) is 2.00. The topological polar surface area (TPSA) is 97.7 Å². The molecule has 1 fully saturated rings. The summed E-state index contributed by atoms with van der Waals surface area (Å²) < 4.78 is 10.5. The molecule has 0 radical (unpaired) electrons. The van der Waals surface area contributed by atoms with Crippen LogP contribution in [-0.2, 0) is 11.3 Å². The summed E-state index contributed by atoms with van der Waals surface area (Å²) in [6, 6.07) is 3.26. The lowest BCUT2D eigenvalue weighted by molar-refractivity contribution is 0.0119. The molecule has 0 aliphatic carbocycles. The van der Waals surface area contributed by atoms with E-state index in [4.69, 9.17) is 14.9 Å². The van der Waals surface area contributed by atoms with Gasteiger partial charge in [-0.25, -0.2) is 0 Å². The maximum Gasteiger partial charge on any atom is 0.287 e. The van der Waals surface area contributed by atoms with Gasteiger partial charge in [-0.3, -0.25) is 4.79 Å². The number of amides is 1. The van der Waals surface area contributed by atoms with Crippen molar-refractivity contribution in [1.29, 1.82) is 0 Å². The van der Waals surface area contributed by atoms with Crippen molar-refractivity contribution in [3.8, 4) is 0 Å². The largest absolute Gasteiger partial charge is 0.455 e. The van der Waals surface area contributed by atoms with Gasteiger partial charge in [-0.05, 0) is 25.0 Å². The highest BCUT2D eigenvalue weighted by molar-refractivity contribution is 5.92. The van der Waals surface area contributed by atoms with Crippen molar-refractivity contribution in [3.05, 3.63) is 23.7 Å². The molecule has 1 aliphatic heterocycles. The van der Waals surface area contributed by atoms with Crippen molar-refractivity contribution < 1.29 is 19.1 Å². The molecule has 0 spiro atoms. The number of carbonyl (C=O) groups excluding carboxylic acids is 1. The predicted octanol–water partition coefficient (Wildman–Crippen LogP) is 0.00960. The number of hydrogen-bond acceptors (Lipinski definition) is 5. The molecule has 2 heterocycles. The normalized spacial score (nSPS) is 18.6. The summed E-state index contributed by atoms with van der Waals surface area (Å²) in [6.07, 6.45) is 1.19. The SMILES string of the molecule is NCc1ccc(C(=O)NC2(CO)CCOCC2)o1. The molecular weight excluding hydrogens is 236 g/mol. The quantitative estimate of drug-likeness (QED) is 0.703. The van der Waals surface area contributed by atoms with E-state index in [0.29, 0.717) is 31.8 Å². The van der Waals surface area contributed by atoms with Crippen molar-refractivity contribution in [3.63, 3.8) is 0 Å². The van der Waals surface area contributed by atoms with E-state index < -0.39 is 5.54 Å². The molecule has 1 amide bonds. The van der Waals surface area contributed by atoms with Gasteiger partial charge in [-0.15, -0.1) is 0 Å². The van der Waals surface area contributed by atoms with Gasteiger partial charge in [0.2, 0.25) is 0 Å². The van der Waals surface area contributed by atoms with Crippen molar-refractivity contribution in [2.75, 3.05) is 19.8 Å². The molecule has 6 heteroatoms. The zero-order valence-corrected chi connectivity index (χ0v) is 10.1. The van der Waals surface area contributed by atoms with Crippen LogP contribution < -0.4 is 11.1 Å². The minimum Gasteiger partial charge on any atom is -0.455 e. The standard InChI is InChI=1S/C12H18N2O4/c13-7-9-1-2-10(18-9)11(16)14-12(8-15)3-5-17-6-4-12/h1-2,15H,3-8,13H2,(H,14,16). The average Bonchev–Trinajstić information content (AvgIpc) is 2.88. The molecule has 0 unspecified atom stereocenters. The summed E-state index contributed by atoms with van der Waals surface area (Å²) in [5.74, 6) is 0.450. The zero-order chi connectivity index (χ0) is 13.0. The second-order valence-electron chi connectivity index (χ2n) is 4.48. The van der Waals surface area contributed by atoms with Crippen LogP contribution in [0.2, 0.25) is 0 Å². The average molecular weight is 254 g/mol. The van der Waals surface area contributed by atoms with E-state index in [1.165, 1.54) is 0 Å². The van der Waals surface area contributed by atoms with Gasteiger partial charge in [0.1, 0.15) is 5.76 Å². The number of nitrogens with two attached hydrogens (primary N) is 1. The Kier molecular flexibility index (Phi) is 4.00. The van der Waals surface area contributed by atoms with Gasteiger partial charge in [-0.2, -0.15) is 0 Å². The summed E-state index contributed by atoms with van der Waals surface area (Å²) in [5, 5.41) is 12.3. The molecule has 0 saturated carbocycles. The highest BCUT2D eigenvalue weighted by Gasteiger charge is 2.34. The van der Waals surface area contributed by atoms with Gasteiger partial charge in [0, 0.05) is 13.2 Å². The second kappa shape index (κ2) is 5.51. The first-order valence-electron chi connectivity index (χ1n) is 5.99. The van der Waals surface area contributed by atoms with Gasteiger partial charge < -0.3 is 25.3 Å². The number of nitrogens with one attached hydrogen (secondary N) is 1. The highest BCUT2D eigenvalue weighted by Crippen LogP contribution is 2.21. The third-order valence-corrected chi connectivity index (χ3v) is 3.22. The highest BCUT2D eigenvalue weighted by atomic mass is 16.5. The summed E-state index contributed by atoms with van der Waals surface area (Å²) in [6.45, 7) is 1.22. The molecule has 4 N–H and O–H groups in total. The summed E-state index contributed by atoms with van der Waals surface area (Å²) in [5.41, 5.74) is 4.81. The molecule has 6 nitrogen and oxygen atoms in total.